The number of carboxylic acids is 1. The largest absolute Gasteiger partial charge is 0.481 e. The smallest absolute Gasteiger partial charge is 0.303 e. The Morgan fingerprint density at radius 3 is 2.86 bits per heavy atom. The summed E-state index contributed by atoms with van der Waals surface area (Å²) in [6.45, 7) is 2.09. The molecule has 0 aromatic rings. The Morgan fingerprint density at radius 1 is 1.57 bits per heavy atom. The standard InChI is InChI=1S/C11H18O3/c1-2-3-4-9-8(7-11(13)14)5-6-10(9)12/h8-9H,2-7H2,1H3,(H,13,14)/t8-,9-/m1/s1. The van der Waals surface area contributed by atoms with Gasteiger partial charge in [0.1, 0.15) is 5.78 Å². The Kier molecular flexibility index (Phi) is 4.11. The molecule has 80 valence electrons. The van der Waals surface area contributed by atoms with Crippen LogP contribution in [-0.4, -0.2) is 16.9 Å². The Bertz CT molecular complexity index is 223. The zero-order valence-electron chi connectivity index (χ0n) is 8.66. The lowest BCUT2D eigenvalue weighted by atomic mass is 9.88. The molecule has 1 N–H and O–H groups in total. The minimum Gasteiger partial charge on any atom is -0.481 e. The lowest BCUT2D eigenvalue weighted by Crippen LogP contribution is -2.17. The number of aliphatic carboxylic acids is 1. The van der Waals surface area contributed by atoms with Crippen LogP contribution < -0.4 is 0 Å². The molecule has 0 aliphatic heterocycles. The highest BCUT2D eigenvalue weighted by Gasteiger charge is 2.34. The maximum absolute atomic E-state index is 11.5. The molecule has 0 spiro atoms. The van der Waals surface area contributed by atoms with Crippen molar-refractivity contribution < 1.29 is 14.7 Å². The summed E-state index contributed by atoms with van der Waals surface area (Å²) in [5.41, 5.74) is 0. The second-order valence-electron chi connectivity index (χ2n) is 4.11. The number of ketones is 1. The molecule has 2 atom stereocenters. The van der Waals surface area contributed by atoms with Crippen LogP contribution in [0.1, 0.15) is 45.4 Å². The molecule has 0 amide bonds. The fraction of sp³-hybridized carbons (Fsp3) is 0.818. The predicted octanol–water partition coefficient (Wildman–Crippen LogP) is 2.25. The molecule has 0 saturated heterocycles. The van der Waals surface area contributed by atoms with Crippen LogP contribution in [0.15, 0.2) is 0 Å². The topological polar surface area (TPSA) is 54.4 Å². The molecule has 1 aliphatic rings. The van der Waals surface area contributed by atoms with Gasteiger partial charge in [0.05, 0.1) is 0 Å². The average Bonchev–Trinajstić information content (AvgIpc) is 2.44. The van der Waals surface area contributed by atoms with Gasteiger partial charge in [-0.1, -0.05) is 19.8 Å². The highest BCUT2D eigenvalue weighted by Crippen LogP contribution is 2.34. The zero-order valence-corrected chi connectivity index (χ0v) is 8.66. The van der Waals surface area contributed by atoms with Crippen molar-refractivity contribution in [3.63, 3.8) is 0 Å². The molecule has 0 aromatic carbocycles. The number of carbonyl (C=O) groups excluding carboxylic acids is 1. The zero-order chi connectivity index (χ0) is 10.6. The molecule has 1 fully saturated rings. The first-order chi connectivity index (χ1) is 6.65. The van der Waals surface area contributed by atoms with Crippen LogP contribution in [0.25, 0.3) is 0 Å². The molecule has 3 heteroatoms. The number of hydrogen-bond donors (Lipinski definition) is 1. The van der Waals surface area contributed by atoms with Crippen molar-refractivity contribution in [2.45, 2.75) is 45.4 Å². The monoisotopic (exact) mass is 198 g/mol. The molecule has 0 unspecified atom stereocenters. The fourth-order valence-electron chi connectivity index (χ4n) is 2.27. The van der Waals surface area contributed by atoms with Gasteiger partial charge < -0.3 is 5.11 Å². The maximum Gasteiger partial charge on any atom is 0.303 e. The second kappa shape index (κ2) is 5.13. The second-order valence-corrected chi connectivity index (χ2v) is 4.11. The van der Waals surface area contributed by atoms with Crippen LogP contribution in [-0.2, 0) is 9.59 Å². The Labute approximate surface area is 84.5 Å². The van der Waals surface area contributed by atoms with Gasteiger partial charge in [0.15, 0.2) is 0 Å². The Balaban J connectivity index is 2.48. The normalized spacial score (nSPS) is 26.8. The molecule has 0 bridgehead atoms. The van der Waals surface area contributed by atoms with Crippen molar-refractivity contribution in [2.75, 3.05) is 0 Å². The molecular weight excluding hydrogens is 180 g/mol. The number of unbranched alkanes of at least 4 members (excludes halogenated alkanes) is 1. The molecule has 1 aliphatic carbocycles. The average molecular weight is 198 g/mol. The van der Waals surface area contributed by atoms with Gasteiger partial charge in [-0.2, -0.15) is 0 Å². The molecule has 1 saturated carbocycles. The highest BCUT2D eigenvalue weighted by molar-refractivity contribution is 5.84. The van der Waals surface area contributed by atoms with Crippen molar-refractivity contribution in [1.82, 2.24) is 0 Å². The summed E-state index contributed by atoms with van der Waals surface area (Å²) in [6.07, 6.45) is 4.52. The molecule has 0 radical (unpaired) electrons. The predicted molar refractivity (Wildman–Crippen MR) is 53.0 cm³/mol. The van der Waals surface area contributed by atoms with Crippen LogP contribution in [0.5, 0.6) is 0 Å². The van der Waals surface area contributed by atoms with E-state index >= 15 is 0 Å². The van der Waals surface area contributed by atoms with Crippen molar-refractivity contribution in [3.05, 3.63) is 0 Å². The van der Waals surface area contributed by atoms with Crippen LogP contribution in [0.4, 0.5) is 0 Å². The Morgan fingerprint density at radius 2 is 2.29 bits per heavy atom. The van der Waals surface area contributed by atoms with Gasteiger partial charge in [-0.3, -0.25) is 9.59 Å². The van der Waals surface area contributed by atoms with E-state index in [-0.39, 0.29) is 24.0 Å². The van der Waals surface area contributed by atoms with Crippen molar-refractivity contribution in [3.8, 4) is 0 Å². The third kappa shape index (κ3) is 2.82. The quantitative estimate of drug-likeness (QED) is 0.737. The summed E-state index contributed by atoms with van der Waals surface area (Å²) >= 11 is 0. The van der Waals surface area contributed by atoms with Crippen molar-refractivity contribution in [2.24, 2.45) is 11.8 Å². The number of carboxylic acid groups (broad SMARTS) is 1. The number of Topliss-reactive ketones (excluding diaryl/α,β-unsaturated/α-hetero) is 1. The lowest BCUT2D eigenvalue weighted by molar-refractivity contribution is -0.138. The van der Waals surface area contributed by atoms with E-state index in [1.807, 2.05) is 0 Å². The van der Waals surface area contributed by atoms with Gasteiger partial charge in [0.25, 0.3) is 0 Å². The summed E-state index contributed by atoms with van der Waals surface area (Å²) in [4.78, 5) is 22.0. The molecule has 0 heterocycles. The minimum absolute atomic E-state index is 0.0334. The summed E-state index contributed by atoms with van der Waals surface area (Å²) in [7, 11) is 0. The highest BCUT2D eigenvalue weighted by atomic mass is 16.4. The van der Waals surface area contributed by atoms with E-state index in [0.717, 1.165) is 25.7 Å². The van der Waals surface area contributed by atoms with Crippen LogP contribution in [0.3, 0.4) is 0 Å². The van der Waals surface area contributed by atoms with Crippen LogP contribution >= 0.6 is 0 Å². The summed E-state index contributed by atoms with van der Waals surface area (Å²) in [5.74, 6) is -0.353. The van der Waals surface area contributed by atoms with Crippen LogP contribution in [0.2, 0.25) is 0 Å². The van der Waals surface area contributed by atoms with Gasteiger partial charge in [-0.15, -0.1) is 0 Å². The molecule has 3 nitrogen and oxygen atoms in total. The molecule has 14 heavy (non-hydrogen) atoms. The van der Waals surface area contributed by atoms with Gasteiger partial charge in [-0.25, -0.2) is 0 Å². The SMILES string of the molecule is CCCC[C@H]1C(=O)CC[C@@H]1CC(=O)O. The van der Waals surface area contributed by atoms with Gasteiger partial charge in [0, 0.05) is 18.8 Å². The summed E-state index contributed by atoms with van der Waals surface area (Å²) < 4.78 is 0. The fourth-order valence-corrected chi connectivity index (χ4v) is 2.27. The van der Waals surface area contributed by atoms with E-state index in [2.05, 4.69) is 6.92 Å². The lowest BCUT2D eigenvalue weighted by Gasteiger charge is -2.15. The Hall–Kier alpha value is -0.860. The number of hydrogen-bond acceptors (Lipinski definition) is 2. The van der Waals surface area contributed by atoms with Gasteiger partial charge in [0.2, 0.25) is 0 Å². The van der Waals surface area contributed by atoms with E-state index in [0.29, 0.717) is 6.42 Å². The number of carbonyl (C=O) groups is 2. The third-order valence-electron chi connectivity index (χ3n) is 3.05. The van der Waals surface area contributed by atoms with Crippen LogP contribution in [0, 0.1) is 11.8 Å². The molecule has 0 aromatic heterocycles. The van der Waals surface area contributed by atoms with E-state index < -0.39 is 5.97 Å². The minimum atomic E-state index is -0.772. The summed E-state index contributed by atoms with van der Waals surface area (Å²) in [5, 5.41) is 8.69. The molecular formula is C11H18O3. The first-order valence-electron chi connectivity index (χ1n) is 5.39. The van der Waals surface area contributed by atoms with E-state index in [1.165, 1.54) is 0 Å². The first kappa shape index (κ1) is 11.2. The maximum atomic E-state index is 11.5. The van der Waals surface area contributed by atoms with Gasteiger partial charge >= 0.3 is 5.97 Å². The number of rotatable bonds is 5. The molecule has 1 rings (SSSR count). The van der Waals surface area contributed by atoms with E-state index in [9.17, 15) is 9.59 Å². The van der Waals surface area contributed by atoms with E-state index in [4.69, 9.17) is 5.11 Å². The van der Waals surface area contributed by atoms with Gasteiger partial charge in [-0.05, 0) is 18.8 Å². The third-order valence-corrected chi connectivity index (χ3v) is 3.05. The first-order valence-corrected chi connectivity index (χ1v) is 5.39. The van der Waals surface area contributed by atoms with Crippen molar-refractivity contribution in [1.29, 1.82) is 0 Å². The van der Waals surface area contributed by atoms with Crippen molar-refractivity contribution >= 4 is 11.8 Å². The summed E-state index contributed by atoms with van der Waals surface area (Å²) in [6, 6.07) is 0. The van der Waals surface area contributed by atoms with E-state index in [1.54, 1.807) is 0 Å².